The Morgan fingerprint density at radius 3 is 2.50 bits per heavy atom. The van der Waals surface area contributed by atoms with E-state index >= 15 is 0 Å². The van der Waals surface area contributed by atoms with E-state index in [1.807, 2.05) is 18.2 Å². The first kappa shape index (κ1) is 14.8. The predicted molar refractivity (Wildman–Crippen MR) is 72.4 cm³/mol. The van der Waals surface area contributed by atoms with Crippen LogP contribution in [0, 0.1) is 11.8 Å². The van der Waals surface area contributed by atoms with Crippen molar-refractivity contribution in [2.45, 2.75) is 31.9 Å². The Labute approximate surface area is 116 Å². The molecular formula is C14H18F3N3. The number of alkyl halides is 3. The molecule has 3 N–H and O–H groups in total. The van der Waals surface area contributed by atoms with Crippen molar-refractivity contribution in [3.63, 3.8) is 0 Å². The van der Waals surface area contributed by atoms with Gasteiger partial charge in [0.15, 0.2) is 0 Å². The number of hydrazine groups is 1. The largest absolute Gasteiger partial charge is 0.391 e. The molecule has 2 atom stereocenters. The Kier molecular flexibility index (Phi) is 4.65. The van der Waals surface area contributed by atoms with Gasteiger partial charge < -0.3 is 5.43 Å². The summed E-state index contributed by atoms with van der Waals surface area (Å²) in [5.41, 5.74) is 3.16. The monoisotopic (exact) mass is 285 g/mol. The summed E-state index contributed by atoms with van der Waals surface area (Å²) < 4.78 is 38.5. The van der Waals surface area contributed by atoms with Gasteiger partial charge in [0.05, 0.1) is 11.6 Å². The van der Waals surface area contributed by atoms with Crippen LogP contribution in [0.25, 0.3) is 0 Å². The van der Waals surface area contributed by atoms with Crippen LogP contribution >= 0.6 is 0 Å². The molecule has 1 aromatic carbocycles. The van der Waals surface area contributed by atoms with Gasteiger partial charge in [-0.25, -0.2) is 10.8 Å². The normalized spacial score (nSPS) is 24.5. The fraction of sp³-hybridized carbons (Fsp3) is 0.500. The fourth-order valence-electron chi connectivity index (χ4n) is 2.62. The molecule has 2 rings (SSSR count). The van der Waals surface area contributed by atoms with Crippen molar-refractivity contribution in [3.05, 3.63) is 30.3 Å². The van der Waals surface area contributed by atoms with E-state index < -0.39 is 12.1 Å². The number of halogens is 3. The van der Waals surface area contributed by atoms with E-state index in [0.29, 0.717) is 24.4 Å². The second-order valence-corrected chi connectivity index (χ2v) is 5.08. The SMILES string of the molecule is NNC(=Nc1ccccc1)C1CCCC(C(F)(F)F)C1. The standard InChI is InChI=1S/C14H18F3N3/c15-14(16,17)11-6-4-5-10(9-11)13(20-18)19-12-7-2-1-3-8-12/h1-3,7-8,10-11H,4-6,9,18H2,(H,19,20). The summed E-state index contributed by atoms with van der Waals surface area (Å²) >= 11 is 0. The number of nitrogens with one attached hydrogen (secondary N) is 1. The smallest absolute Gasteiger partial charge is 0.312 e. The first-order valence-electron chi connectivity index (χ1n) is 6.67. The number of nitrogens with zero attached hydrogens (tertiary/aromatic N) is 1. The van der Waals surface area contributed by atoms with Gasteiger partial charge in [0, 0.05) is 5.92 Å². The van der Waals surface area contributed by atoms with E-state index in [2.05, 4.69) is 10.4 Å². The van der Waals surface area contributed by atoms with Crippen molar-refractivity contribution in [3.8, 4) is 0 Å². The van der Waals surface area contributed by atoms with Crippen LogP contribution in [0.5, 0.6) is 0 Å². The summed E-state index contributed by atoms with van der Waals surface area (Å²) in [6.45, 7) is 0. The van der Waals surface area contributed by atoms with Gasteiger partial charge in [0.25, 0.3) is 0 Å². The Balaban J connectivity index is 2.13. The molecular weight excluding hydrogens is 267 g/mol. The fourth-order valence-corrected chi connectivity index (χ4v) is 2.62. The van der Waals surface area contributed by atoms with Crippen LogP contribution in [0.3, 0.4) is 0 Å². The summed E-state index contributed by atoms with van der Waals surface area (Å²) in [7, 11) is 0. The van der Waals surface area contributed by atoms with Crippen molar-refractivity contribution in [1.29, 1.82) is 0 Å². The molecule has 6 heteroatoms. The maximum atomic E-state index is 12.8. The van der Waals surface area contributed by atoms with E-state index in [1.54, 1.807) is 12.1 Å². The summed E-state index contributed by atoms with van der Waals surface area (Å²) in [6, 6.07) is 9.09. The average molecular weight is 285 g/mol. The molecule has 0 spiro atoms. The highest BCUT2D eigenvalue weighted by Crippen LogP contribution is 2.40. The van der Waals surface area contributed by atoms with Gasteiger partial charge >= 0.3 is 6.18 Å². The Morgan fingerprint density at radius 2 is 1.90 bits per heavy atom. The van der Waals surface area contributed by atoms with Crippen molar-refractivity contribution in [2.24, 2.45) is 22.7 Å². The van der Waals surface area contributed by atoms with Crippen molar-refractivity contribution < 1.29 is 13.2 Å². The number of amidine groups is 1. The van der Waals surface area contributed by atoms with Crippen LogP contribution < -0.4 is 11.3 Å². The molecule has 0 heterocycles. The Hall–Kier alpha value is -1.56. The number of hydrogen-bond acceptors (Lipinski definition) is 2. The molecule has 1 aliphatic carbocycles. The summed E-state index contributed by atoms with van der Waals surface area (Å²) in [6.07, 6.45) is -2.65. The van der Waals surface area contributed by atoms with Gasteiger partial charge in [-0.3, -0.25) is 0 Å². The second kappa shape index (κ2) is 6.26. The molecule has 1 aliphatic rings. The number of para-hydroxylation sites is 1. The summed E-state index contributed by atoms with van der Waals surface area (Å²) in [5, 5.41) is 0. The lowest BCUT2D eigenvalue weighted by Crippen LogP contribution is -2.40. The molecule has 1 saturated carbocycles. The molecule has 0 amide bonds. The second-order valence-electron chi connectivity index (χ2n) is 5.08. The molecule has 2 unspecified atom stereocenters. The van der Waals surface area contributed by atoms with E-state index in [4.69, 9.17) is 5.84 Å². The lowest BCUT2D eigenvalue weighted by atomic mass is 9.80. The molecule has 3 nitrogen and oxygen atoms in total. The molecule has 1 aromatic rings. The maximum absolute atomic E-state index is 12.8. The minimum absolute atomic E-state index is 0.0549. The van der Waals surface area contributed by atoms with Gasteiger partial charge in [0.2, 0.25) is 0 Å². The Morgan fingerprint density at radius 1 is 1.20 bits per heavy atom. The zero-order chi connectivity index (χ0) is 14.6. The molecule has 20 heavy (non-hydrogen) atoms. The van der Waals surface area contributed by atoms with Crippen LogP contribution in [0.4, 0.5) is 18.9 Å². The van der Waals surface area contributed by atoms with Crippen LogP contribution in [0.15, 0.2) is 35.3 Å². The summed E-state index contributed by atoms with van der Waals surface area (Å²) in [4.78, 5) is 4.33. The molecule has 0 bridgehead atoms. The zero-order valence-corrected chi connectivity index (χ0v) is 11.0. The average Bonchev–Trinajstić information content (AvgIpc) is 2.45. The molecule has 0 aromatic heterocycles. The number of benzene rings is 1. The third kappa shape index (κ3) is 3.72. The maximum Gasteiger partial charge on any atom is 0.391 e. The van der Waals surface area contributed by atoms with Crippen LogP contribution in [-0.2, 0) is 0 Å². The van der Waals surface area contributed by atoms with Gasteiger partial charge in [-0.15, -0.1) is 0 Å². The van der Waals surface area contributed by atoms with Crippen LogP contribution in [0.1, 0.15) is 25.7 Å². The lowest BCUT2D eigenvalue weighted by Gasteiger charge is -2.31. The highest BCUT2D eigenvalue weighted by Gasteiger charge is 2.43. The van der Waals surface area contributed by atoms with E-state index in [1.165, 1.54) is 0 Å². The molecule has 0 aliphatic heterocycles. The van der Waals surface area contributed by atoms with Crippen LogP contribution in [0.2, 0.25) is 0 Å². The third-order valence-corrected chi connectivity index (χ3v) is 3.68. The van der Waals surface area contributed by atoms with Crippen LogP contribution in [-0.4, -0.2) is 12.0 Å². The van der Waals surface area contributed by atoms with E-state index in [0.717, 1.165) is 0 Å². The third-order valence-electron chi connectivity index (χ3n) is 3.68. The van der Waals surface area contributed by atoms with Crippen molar-refractivity contribution >= 4 is 11.5 Å². The highest BCUT2D eigenvalue weighted by atomic mass is 19.4. The van der Waals surface area contributed by atoms with Crippen molar-refractivity contribution in [2.75, 3.05) is 0 Å². The topological polar surface area (TPSA) is 50.4 Å². The first-order chi connectivity index (χ1) is 9.50. The van der Waals surface area contributed by atoms with Gasteiger partial charge in [-0.05, 0) is 31.4 Å². The minimum Gasteiger partial charge on any atom is -0.312 e. The lowest BCUT2D eigenvalue weighted by molar-refractivity contribution is -0.183. The van der Waals surface area contributed by atoms with Crippen molar-refractivity contribution in [1.82, 2.24) is 5.43 Å². The molecule has 0 radical (unpaired) electrons. The number of aliphatic imine (C=N–C) groups is 1. The van der Waals surface area contributed by atoms with Gasteiger partial charge in [-0.2, -0.15) is 13.2 Å². The number of nitrogens with two attached hydrogens (primary N) is 1. The number of hydrogen-bond donors (Lipinski definition) is 2. The molecule has 0 saturated heterocycles. The first-order valence-corrected chi connectivity index (χ1v) is 6.67. The highest BCUT2D eigenvalue weighted by molar-refractivity contribution is 5.86. The Bertz CT molecular complexity index is 456. The number of rotatable bonds is 2. The predicted octanol–water partition coefficient (Wildman–Crippen LogP) is 3.55. The summed E-state index contributed by atoms with van der Waals surface area (Å²) in [5.74, 6) is 4.36. The molecule has 1 fully saturated rings. The molecule has 110 valence electrons. The van der Waals surface area contributed by atoms with E-state index in [-0.39, 0.29) is 18.8 Å². The van der Waals surface area contributed by atoms with Gasteiger partial charge in [0.1, 0.15) is 5.84 Å². The minimum atomic E-state index is -4.13. The zero-order valence-electron chi connectivity index (χ0n) is 11.0. The quantitative estimate of drug-likeness (QED) is 0.378. The van der Waals surface area contributed by atoms with E-state index in [9.17, 15) is 13.2 Å². The van der Waals surface area contributed by atoms with Gasteiger partial charge in [-0.1, -0.05) is 24.6 Å².